The fourth-order valence-corrected chi connectivity index (χ4v) is 2.39. The van der Waals surface area contributed by atoms with E-state index in [0.717, 1.165) is 4.47 Å². The van der Waals surface area contributed by atoms with E-state index >= 15 is 0 Å². The molecule has 0 saturated heterocycles. The van der Waals surface area contributed by atoms with Gasteiger partial charge in [0, 0.05) is 22.8 Å². The molecule has 0 bridgehead atoms. The van der Waals surface area contributed by atoms with Crippen molar-refractivity contribution in [3.05, 3.63) is 33.6 Å². The fraction of sp³-hybridized carbons (Fsp3) is 0.308. The van der Waals surface area contributed by atoms with E-state index in [1.54, 1.807) is 6.07 Å². The minimum Gasteiger partial charge on any atom is -0.481 e. The first-order valence-corrected chi connectivity index (χ1v) is 7.35. The monoisotopic (exact) mass is 372 g/mol. The van der Waals surface area contributed by atoms with Crippen LogP contribution in [0.5, 0.6) is 5.88 Å². The summed E-state index contributed by atoms with van der Waals surface area (Å²) < 4.78 is 7.66. The summed E-state index contributed by atoms with van der Waals surface area (Å²) in [5.41, 5.74) is 0.499. The number of anilines is 1. The number of halogens is 2. The molecule has 0 unspecified atom stereocenters. The van der Waals surface area contributed by atoms with Crippen LogP contribution < -0.4 is 10.1 Å². The predicted octanol–water partition coefficient (Wildman–Crippen LogP) is 3.54. The van der Waals surface area contributed by atoms with Crippen LogP contribution in [0.1, 0.15) is 30.4 Å². The van der Waals surface area contributed by atoms with E-state index < -0.39 is 0 Å². The number of rotatable bonds is 4. The van der Waals surface area contributed by atoms with Gasteiger partial charge in [-0.3, -0.25) is 10.1 Å². The van der Waals surface area contributed by atoms with Crippen molar-refractivity contribution >= 4 is 39.4 Å². The molecule has 0 atom stereocenters. The van der Waals surface area contributed by atoms with E-state index in [2.05, 4.69) is 31.2 Å². The average molecular weight is 374 g/mol. The number of nitrogens with zero attached hydrogens (tertiary/aromatic N) is 3. The standard InChI is InChI=1S/C13H14BrClN4O2/c1-7(2)19-6-8(14)4-9(19)12(20)18-13-16-10(15)5-11(17-13)21-3/h4-7H,1-3H3,(H,16,17,18,20). The summed E-state index contributed by atoms with van der Waals surface area (Å²) in [4.78, 5) is 20.3. The summed E-state index contributed by atoms with van der Waals surface area (Å²) in [5, 5.41) is 2.81. The fourth-order valence-electron chi connectivity index (χ4n) is 1.78. The Kier molecular flexibility index (Phi) is 4.84. The number of ether oxygens (including phenoxy) is 1. The smallest absolute Gasteiger partial charge is 0.274 e. The highest BCUT2D eigenvalue weighted by Gasteiger charge is 2.16. The molecule has 21 heavy (non-hydrogen) atoms. The van der Waals surface area contributed by atoms with Crippen molar-refractivity contribution in [1.29, 1.82) is 0 Å². The number of methoxy groups -OCH3 is 1. The first kappa shape index (κ1) is 15.8. The molecule has 0 fully saturated rings. The lowest BCUT2D eigenvalue weighted by molar-refractivity contribution is 0.101. The van der Waals surface area contributed by atoms with Crippen LogP contribution in [0, 0.1) is 0 Å². The summed E-state index contributed by atoms with van der Waals surface area (Å²) in [7, 11) is 1.46. The third kappa shape index (κ3) is 3.74. The highest BCUT2D eigenvalue weighted by atomic mass is 79.9. The lowest BCUT2D eigenvalue weighted by Gasteiger charge is -2.12. The zero-order valence-corrected chi connectivity index (χ0v) is 14.1. The van der Waals surface area contributed by atoms with Gasteiger partial charge in [0.25, 0.3) is 5.91 Å². The van der Waals surface area contributed by atoms with Gasteiger partial charge in [0.2, 0.25) is 11.8 Å². The van der Waals surface area contributed by atoms with Crippen LogP contribution >= 0.6 is 27.5 Å². The van der Waals surface area contributed by atoms with Crippen LogP contribution in [0.4, 0.5) is 5.95 Å². The van der Waals surface area contributed by atoms with Crippen molar-refractivity contribution in [2.45, 2.75) is 19.9 Å². The van der Waals surface area contributed by atoms with Gasteiger partial charge in [-0.1, -0.05) is 11.6 Å². The van der Waals surface area contributed by atoms with Gasteiger partial charge in [-0.15, -0.1) is 0 Å². The van der Waals surface area contributed by atoms with Crippen LogP contribution in [0.2, 0.25) is 5.15 Å². The van der Waals surface area contributed by atoms with E-state index in [0.29, 0.717) is 5.69 Å². The number of hydrogen-bond acceptors (Lipinski definition) is 4. The van der Waals surface area contributed by atoms with Gasteiger partial charge >= 0.3 is 0 Å². The zero-order chi connectivity index (χ0) is 15.6. The molecule has 0 aliphatic heterocycles. The molecular formula is C13H14BrClN4O2. The number of hydrogen-bond donors (Lipinski definition) is 1. The molecule has 2 aromatic rings. The highest BCUT2D eigenvalue weighted by molar-refractivity contribution is 9.10. The molecule has 2 aromatic heterocycles. The van der Waals surface area contributed by atoms with Gasteiger partial charge in [-0.05, 0) is 35.8 Å². The van der Waals surface area contributed by atoms with Crippen LogP contribution in [0.15, 0.2) is 22.8 Å². The van der Waals surface area contributed by atoms with Crippen LogP contribution in [0.25, 0.3) is 0 Å². The van der Waals surface area contributed by atoms with Gasteiger partial charge in [0.1, 0.15) is 10.8 Å². The molecule has 6 nitrogen and oxygen atoms in total. The second-order valence-electron chi connectivity index (χ2n) is 4.56. The van der Waals surface area contributed by atoms with Crippen molar-refractivity contribution in [3.63, 3.8) is 0 Å². The largest absolute Gasteiger partial charge is 0.481 e. The quantitative estimate of drug-likeness (QED) is 0.832. The van der Waals surface area contributed by atoms with Crippen molar-refractivity contribution in [2.75, 3.05) is 12.4 Å². The van der Waals surface area contributed by atoms with E-state index in [9.17, 15) is 4.79 Å². The van der Waals surface area contributed by atoms with Crippen molar-refractivity contribution in [3.8, 4) is 5.88 Å². The predicted molar refractivity (Wildman–Crippen MR) is 84.1 cm³/mol. The van der Waals surface area contributed by atoms with Crippen molar-refractivity contribution < 1.29 is 9.53 Å². The molecule has 1 N–H and O–H groups in total. The maximum atomic E-state index is 12.3. The molecular weight excluding hydrogens is 360 g/mol. The lowest BCUT2D eigenvalue weighted by Crippen LogP contribution is -2.19. The summed E-state index contributed by atoms with van der Waals surface area (Å²) in [6.45, 7) is 3.98. The third-order valence-corrected chi connectivity index (χ3v) is 3.34. The molecule has 0 aliphatic carbocycles. The summed E-state index contributed by atoms with van der Waals surface area (Å²) in [6, 6.07) is 3.34. The van der Waals surface area contributed by atoms with E-state index in [1.165, 1.54) is 13.2 Å². The maximum absolute atomic E-state index is 12.3. The maximum Gasteiger partial charge on any atom is 0.274 e. The molecule has 8 heteroatoms. The molecule has 0 aliphatic rings. The lowest BCUT2D eigenvalue weighted by atomic mass is 10.3. The Labute approximate surface area is 135 Å². The molecule has 2 rings (SSSR count). The Hall–Kier alpha value is -1.60. The highest BCUT2D eigenvalue weighted by Crippen LogP contribution is 2.21. The number of amides is 1. The molecule has 0 saturated carbocycles. The number of carbonyl (C=O) groups excluding carboxylic acids is 1. The SMILES string of the molecule is COc1cc(Cl)nc(NC(=O)c2cc(Br)cn2C(C)C)n1. The third-order valence-electron chi connectivity index (χ3n) is 2.71. The van der Waals surface area contributed by atoms with Crippen molar-refractivity contribution in [2.24, 2.45) is 0 Å². The number of carbonyl (C=O) groups is 1. The van der Waals surface area contributed by atoms with Gasteiger partial charge in [-0.25, -0.2) is 4.98 Å². The Morgan fingerprint density at radius 3 is 2.76 bits per heavy atom. The molecule has 0 spiro atoms. The summed E-state index contributed by atoms with van der Waals surface area (Å²) in [6.07, 6.45) is 1.85. The average Bonchev–Trinajstić information content (AvgIpc) is 2.80. The first-order chi connectivity index (χ1) is 9.90. The van der Waals surface area contributed by atoms with E-state index in [1.807, 2.05) is 24.6 Å². The Bertz CT molecular complexity index is 672. The topological polar surface area (TPSA) is 69.0 Å². The van der Waals surface area contributed by atoms with E-state index in [-0.39, 0.29) is 28.9 Å². The molecule has 0 radical (unpaired) electrons. The minimum atomic E-state index is -0.321. The Balaban J connectivity index is 2.28. The van der Waals surface area contributed by atoms with Crippen LogP contribution in [-0.4, -0.2) is 27.6 Å². The molecule has 0 aromatic carbocycles. The van der Waals surface area contributed by atoms with Crippen molar-refractivity contribution in [1.82, 2.24) is 14.5 Å². The van der Waals surface area contributed by atoms with Gasteiger partial charge < -0.3 is 9.30 Å². The molecule has 2 heterocycles. The number of nitrogens with one attached hydrogen (secondary N) is 1. The Morgan fingerprint density at radius 1 is 1.43 bits per heavy atom. The van der Waals surface area contributed by atoms with Gasteiger partial charge in [0.05, 0.1) is 7.11 Å². The zero-order valence-electron chi connectivity index (χ0n) is 11.7. The number of aromatic nitrogens is 3. The molecule has 1 amide bonds. The van der Waals surface area contributed by atoms with Gasteiger partial charge in [-0.2, -0.15) is 4.98 Å². The molecule has 112 valence electrons. The van der Waals surface area contributed by atoms with Crippen LogP contribution in [-0.2, 0) is 0 Å². The second kappa shape index (κ2) is 6.44. The summed E-state index contributed by atoms with van der Waals surface area (Å²) >= 11 is 9.22. The van der Waals surface area contributed by atoms with Gasteiger partial charge in [0.15, 0.2) is 0 Å². The first-order valence-electron chi connectivity index (χ1n) is 6.18. The Morgan fingerprint density at radius 2 is 2.14 bits per heavy atom. The normalized spacial score (nSPS) is 10.8. The van der Waals surface area contributed by atoms with E-state index in [4.69, 9.17) is 16.3 Å². The van der Waals surface area contributed by atoms with Crippen LogP contribution in [0.3, 0.4) is 0 Å². The summed E-state index contributed by atoms with van der Waals surface area (Å²) in [5.74, 6) is 0.0569. The minimum absolute atomic E-state index is 0.0944. The second-order valence-corrected chi connectivity index (χ2v) is 5.86.